The second-order valence-corrected chi connectivity index (χ2v) is 9.15. The number of imidazole rings is 1. The number of hydrogen-bond acceptors (Lipinski definition) is 5. The lowest BCUT2D eigenvalue weighted by molar-refractivity contribution is 0.102. The Morgan fingerprint density at radius 2 is 1.73 bits per heavy atom. The first-order valence-corrected chi connectivity index (χ1v) is 10.5. The standard InChI is InChI=1S/C23H30N6O/c1-23(2,3)17-7-5-16(6-8-17)22(30)26-20-15-29-21(25-20)10-9-19(27-29)24-18-11-13-28(4)14-12-18/h5-10,15,18H,11-14H2,1-4H3,(H,24,27)(H,26,30). The van der Waals surface area contributed by atoms with E-state index in [2.05, 4.69) is 53.4 Å². The van der Waals surface area contributed by atoms with Gasteiger partial charge in [-0.25, -0.2) is 9.50 Å². The molecule has 1 aliphatic rings. The number of aromatic nitrogens is 3. The quantitative estimate of drug-likeness (QED) is 0.690. The van der Waals surface area contributed by atoms with Crippen LogP contribution in [0.5, 0.6) is 0 Å². The topological polar surface area (TPSA) is 74.6 Å². The summed E-state index contributed by atoms with van der Waals surface area (Å²) in [5.41, 5.74) is 2.56. The van der Waals surface area contributed by atoms with Crippen LogP contribution in [-0.4, -0.2) is 51.6 Å². The highest BCUT2D eigenvalue weighted by Crippen LogP contribution is 2.22. The van der Waals surface area contributed by atoms with Gasteiger partial charge in [0.15, 0.2) is 11.5 Å². The minimum Gasteiger partial charge on any atom is -0.366 e. The number of amides is 1. The van der Waals surface area contributed by atoms with Crippen LogP contribution in [0, 0.1) is 0 Å². The molecule has 2 aromatic heterocycles. The zero-order chi connectivity index (χ0) is 21.3. The minimum absolute atomic E-state index is 0.0571. The van der Waals surface area contributed by atoms with Crippen molar-refractivity contribution in [1.29, 1.82) is 0 Å². The van der Waals surface area contributed by atoms with Crippen molar-refractivity contribution in [2.75, 3.05) is 30.8 Å². The summed E-state index contributed by atoms with van der Waals surface area (Å²) in [5.74, 6) is 1.14. The molecular weight excluding hydrogens is 376 g/mol. The molecule has 0 radical (unpaired) electrons. The van der Waals surface area contributed by atoms with Gasteiger partial charge in [-0.05, 0) is 68.2 Å². The van der Waals surface area contributed by atoms with E-state index < -0.39 is 0 Å². The maximum atomic E-state index is 12.6. The number of benzene rings is 1. The van der Waals surface area contributed by atoms with Gasteiger partial charge in [0, 0.05) is 11.6 Å². The highest BCUT2D eigenvalue weighted by atomic mass is 16.1. The van der Waals surface area contributed by atoms with E-state index in [9.17, 15) is 4.79 Å². The Kier molecular flexibility index (Phi) is 5.47. The summed E-state index contributed by atoms with van der Waals surface area (Å²) in [5, 5.41) is 11.0. The first kappa shape index (κ1) is 20.3. The van der Waals surface area contributed by atoms with Crippen molar-refractivity contribution in [1.82, 2.24) is 19.5 Å². The molecule has 1 amide bonds. The second-order valence-electron chi connectivity index (χ2n) is 9.15. The molecule has 0 unspecified atom stereocenters. The third kappa shape index (κ3) is 4.62. The van der Waals surface area contributed by atoms with E-state index >= 15 is 0 Å². The summed E-state index contributed by atoms with van der Waals surface area (Å²) in [6.07, 6.45) is 3.96. The highest BCUT2D eigenvalue weighted by molar-refractivity contribution is 6.03. The molecule has 0 spiro atoms. The van der Waals surface area contributed by atoms with Crippen LogP contribution < -0.4 is 10.6 Å². The SMILES string of the molecule is CN1CCC(Nc2ccc3nc(NC(=O)c4ccc(C(C)(C)C)cc4)cn3n2)CC1. The Bertz CT molecular complexity index is 1030. The fourth-order valence-electron chi connectivity index (χ4n) is 3.69. The summed E-state index contributed by atoms with van der Waals surface area (Å²) >= 11 is 0. The van der Waals surface area contributed by atoms with E-state index in [4.69, 9.17) is 0 Å². The van der Waals surface area contributed by atoms with E-state index in [1.54, 1.807) is 10.7 Å². The molecule has 1 aromatic carbocycles. The number of anilines is 2. The van der Waals surface area contributed by atoms with Crippen molar-refractivity contribution in [3.05, 3.63) is 53.7 Å². The van der Waals surface area contributed by atoms with Gasteiger partial charge in [-0.15, -0.1) is 5.10 Å². The van der Waals surface area contributed by atoms with Gasteiger partial charge in [0.1, 0.15) is 5.82 Å². The molecule has 30 heavy (non-hydrogen) atoms. The maximum Gasteiger partial charge on any atom is 0.256 e. The van der Waals surface area contributed by atoms with E-state index in [0.29, 0.717) is 23.1 Å². The fourth-order valence-corrected chi connectivity index (χ4v) is 3.69. The van der Waals surface area contributed by atoms with Gasteiger partial charge in [-0.2, -0.15) is 0 Å². The monoisotopic (exact) mass is 406 g/mol. The largest absolute Gasteiger partial charge is 0.366 e. The number of carbonyl (C=O) groups is 1. The first-order valence-electron chi connectivity index (χ1n) is 10.5. The van der Waals surface area contributed by atoms with Crippen molar-refractivity contribution in [3.8, 4) is 0 Å². The molecule has 7 heteroatoms. The second kappa shape index (κ2) is 8.07. The molecule has 3 heterocycles. The molecule has 2 N–H and O–H groups in total. The zero-order valence-electron chi connectivity index (χ0n) is 18.1. The van der Waals surface area contributed by atoms with Gasteiger partial charge in [0.25, 0.3) is 5.91 Å². The van der Waals surface area contributed by atoms with Gasteiger partial charge in [0.05, 0.1) is 6.20 Å². The number of rotatable bonds is 4. The normalized spacial score (nSPS) is 16.0. The van der Waals surface area contributed by atoms with Crippen molar-refractivity contribution in [3.63, 3.8) is 0 Å². The maximum absolute atomic E-state index is 12.6. The Hall–Kier alpha value is -2.93. The average Bonchev–Trinajstić information content (AvgIpc) is 3.10. The number of piperidine rings is 1. The van der Waals surface area contributed by atoms with Crippen LogP contribution in [0.2, 0.25) is 0 Å². The molecule has 4 rings (SSSR count). The third-order valence-corrected chi connectivity index (χ3v) is 5.65. The summed E-state index contributed by atoms with van der Waals surface area (Å²) in [6.45, 7) is 8.65. The van der Waals surface area contributed by atoms with Crippen LogP contribution in [0.25, 0.3) is 5.65 Å². The molecule has 0 atom stereocenters. The molecule has 1 aliphatic heterocycles. The Balaban J connectivity index is 1.44. The van der Waals surface area contributed by atoms with Gasteiger partial charge >= 0.3 is 0 Å². The van der Waals surface area contributed by atoms with Gasteiger partial charge < -0.3 is 15.5 Å². The molecule has 0 saturated carbocycles. The fraction of sp³-hybridized carbons (Fsp3) is 0.435. The van der Waals surface area contributed by atoms with Gasteiger partial charge in [-0.1, -0.05) is 32.9 Å². The van der Waals surface area contributed by atoms with E-state index in [1.165, 1.54) is 5.56 Å². The predicted octanol–water partition coefficient (Wildman–Crippen LogP) is 3.79. The van der Waals surface area contributed by atoms with Crippen LogP contribution in [0.4, 0.5) is 11.6 Å². The molecule has 0 aliphatic carbocycles. The highest BCUT2D eigenvalue weighted by Gasteiger charge is 2.18. The summed E-state index contributed by atoms with van der Waals surface area (Å²) in [6, 6.07) is 12.0. The van der Waals surface area contributed by atoms with Gasteiger partial charge in [-0.3, -0.25) is 4.79 Å². The molecule has 0 bridgehead atoms. The molecular formula is C23H30N6O. The minimum atomic E-state index is -0.177. The van der Waals surface area contributed by atoms with Crippen LogP contribution in [0.3, 0.4) is 0 Å². The summed E-state index contributed by atoms with van der Waals surface area (Å²) in [7, 11) is 2.15. The van der Waals surface area contributed by atoms with Gasteiger partial charge in [0.2, 0.25) is 0 Å². The van der Waals surface area contributed by atoms with E-state index in [-0.39, 0.29) is 11.3 Å². The zero-order valence-corrected chi connectivity index (χ0v) is 18.1. The molecule has 7 nitrogen and oxygen atoms in total. The predicted molar refractivity (Wildman–Crippen MR) is 120 cm³/mol. The number of hydrogen-bond donors (Lipinski definition) is 2. The summed E-state index contributed by atoms with van der Waals surface area (Å²) in [4.78, 5) is 19.4. The van der Waals surface area contributed by atoms with E-state index in [0.717, 1.165) is 31.7 Å². The van der Waals surface area contributed by atoms with Crippen LogP contribution in [0.15, 0.2) is 42.6 Å². The van der Waals surface area contributed by atoms with Crippen molar-refractivity contribution in [2.24, 2.45) is 0 Å². The molecule has 158 valence electrons. The van der Waals surface area contributed by atoms with Crippen molar-refractivity contribution >= 4 is 23.2 Å². The number of likely N-dealkylation sites (tertiary alicyclic amines) is 1. The smallest absolute Gasteiger partial charge is 0.256 e. The summed E-state index contributed by atoms with van der Waals surface area (Å²) < 4.78 is 1.70. The average molecular weight is 407 g/mol. The number of fused-ring (bicyclic) bond motifs is 1. The van der Waals surface area contributed by atoms with Crippen LogP contribution in [-0.2, 0) is 5.41 Å². The van der Waals surface area contributed by atoms with Crippen molar-refractivity contribution < 1.29 is 4.79 Å². The third-order valence-electron chi connectivity index (χ3n) is 5.65. The Morgan fingerprint density at radius 3 is 2.40 bits per heavy atom. The van der Waals surface area contributed by atoms with Crippen molar-refractivity contribution in [2.45, 2.75) is 45.1 Å². The lowest BCUT2D eigenvalue weighted by atomic mass is 9.87. The lowest BCUT2D eigenvalue weighted by Crippen LogP contribution is -2.36. The lowest BCUT2D eigenvalue weighted by Gasteiger charge is -2.29. The Labute approximate surface area is 177 Å². The van der Waals surface area contributed by atoms with Crippen LogP contribution >= 0.6 is 0 Å². The Morgan fingerprint density at radius 1 is 1.03 bits per heavy atom. The first-order chi connectivity index (χ1) is 14.3. The van der Waals surface area contributed by atoms with Crippen LogP contribution in [0.1, 0.15) is 49.5 Å². The number of carbonyl (C=O) groups excluding carboxylic acids is 1. The number of nitrogens with one attached hydrogen (secondary N) is 2. The number of nitrogens with zero attached hydrogens (tertiary/aromatic N) is 4. The molecule has 1 fully saturated rings. The molecule has 1 saturated heterocycles. The molecule has 3 aromatic rings. The van der Waals surface area contributed by atoms with E-state index in [1.807, 2.05) is 36.4 Å².